The van der Waals surface area contributed by atoms with Gasteiger partial charge in [0, 0.05) is 11.3 Å². The topological polar surface area (TPSA) is 32.6 Å². The Bertz CT molecular complexity index is 348. The quantitative estimate of drug-likeness (QED) is 0.680. The highest BCUT2D eigenvalue weighted by Gasteiger charge is 2.10. The number of aromatic hydroxyl groups is 1. The largest absolute Gasteiger partial charge is 0.507 e. The molecule has 2 heteroatoms. The first-order valence-corrected chi connectivity index (χ1v) is 4.75. The first kappa shape index (κ1) is 10.8. The second kappa shape index (κ2) is 3.82. The molecule has 0 fully saturated rings. The lowest BCUT2D eigenvalue weighted by Gasteiger charge is -2.14. The molecule has 0 saturated heterocycles. The molecule has 1 rings (SSSR count). The van der Waals surface area contributed by atoms with Gasteiger partial charge in [-0.1, -0.05) is 12.1 Å². The molecule has 1 N–H and O–H groups in total. The van der Waals surface area contributed by atoms with Crippen molar-refractivity contribution in [2.45, 2.75) is 33.2 Å². The van der Waals surface area contributed by atoms with Crippen molar-refractivity contribution < 1.29 is 5.11 Å². The Kier molecular flexibility index (Phi) is 2.94. The van der Waals surface area contributed by atoms with Gasteiger partial charge >= 0.3 is 0 Å². The molecule has 0 aromatic heterocycles. The van der Waals surface area contributed by atoms with Crippen LogP contribution in [0.15, 0.2) is 29.3 Å². The van der Waals surface area contributed by atoms with Gasteiger partial charge in [0.2, 0.25) is 0 Å². The first-order chi connectivity index (χ1) is 6.40. The maximum absolute atomic E-state index is 9.60. The fourth-order valence-electron chi connectivity index (χ4n) is 1.34. The van der Waals surface area contributed by atoms with Crippen molar-refractivity contribution in [3.8, 4) is 5.75 Å². The van der Waals surface area contributed by atoms with Crippen LogP contribution in [0.2, 0.25) is 0 Å². The van der Waals surface area contributed by atoms with E-state index in [-0.39, 0.29) is 11.3 Å². The third-order valence-electron chi connectivity index (χ3n) is 1.80. The highest BCUT2D eigenvalue weighted by Crippen LogP contribution is 2.18. The summed E-state index contributed by atoms with van der Waals surface area (Å²) in [6.45, 7) is 8.03. The highest BCUT2D eigenvalue weighted by atomic mass is 16.3. The molecule has 0 heterocycles. The Hall–Kier alpha value is -1.31. The van der Waals surface area contributed by atoms with Gasteiger partial charge in [-0.05, 0) is 39.8 Å². The Morgan fingerprint density at radius 2 is 1.79 bits per heavy atom. The van der Waals surface area contributed by atoms with E-state index in [0.717, 1.165) is 11.3 Å². The molecule has 0 aliphatic heterocycles. The van der Waals surface area contributed by atoms with Crippen LogP contribution in [-0.4, -0.2) is 16.4 Å². The fourth-order valence-corrected chi connectivity index (χ4v) is 1.34. The molecule has 0 aliphatic rings. The van der Waals surface area contributed by atoms with Crippen LogP contribution in [0.1, 0.15) is 33.3 Å². The van der Waals surface area contributed by atoms with Crippen LogP contribution in [0.3, 0.4) is 0 Å². The molecular formula is C12H17NO. The Morgan fingerprint density at radius 3 is 2.29 bits per heavy atom. The molecule has 76 valence electrons. The van der Waals surface area contributed by atoms with Crippen LogP contribution in [0.5, 0.6) is 5.75 Å². The van der Waals surface area contributed by atoms with Gasteiger partial charge in [0.1, 0.15) is 5.75 Å². The monoisotopic (exact) mass is 191 g/mol. The van der Waals surface area contributed by atoms with Gasteiger partial charge in [-0.15, -0.1) is 0 Å². The minimum atomic E-state index is -0.105. The highest BCUT2D eigenvalue weighted by molar-refractivity contribution is 6.01. The maximum atomic E-state index is 9.60. The van der Waals surface area contributed by atoms with E-state index in [1.54, 1.807) is 6.07 Å². The summed E-state index contributed by atoms with van der Waals surface area (Å²) in [7, 11) is 0. The molecule has 0 spiro atoms. The van der Waals surface area contributed by atoms with Crippen molar-refractivity contribution in [2.24, 2.45) is 4.99 Å². The minimum absolute atomic E-state index is 0.105. The van der Waals surface area contributed by atoms with E-state index < -0.39 is 0 Å². The number of rotatable bonds is 1. The van der Waals surface area contributed by atoms with Gasteiger partial charge in [0.25, 0.3) is 0 Å². The van der Waals surface area contributed by atoms with E-state index in [1.165, 1.54) is 0 Å². The molecule has 0 bridgehead atoms. The van der Waals surface area contributed by atoms with E-state index in [2.05, 4.69) is 4.99 Å². The van der Waals surface area contributed by atoms with E-state index in [0.29, 0.717) is 0 Å². The molecule has 0 radical (unpaired) electrons. The third kappa shape index (κ3) is 2.87. The van der Waals surface area contributed by atoms with Gasteiger partial charge in [-0.25, -0.2) is 0 Å². The Morgan fingerprint density at radius 1 is 1.21 bits per heavy atom. The van der Waals surface area contributed by atoms with Crippen molar-refractivity contribution in [2.75, 3.05) is 0 Å². The average Bonchev–Trinajstić information content (AvgIpc) is 2.01. The summed E-state index contributed by atoms with van der Waals surface area (Å²) in [5.41, 5.74) is 1.57. The molecule has 1 aromatic rings. The first-order valence-electron chi connectivity index (χ1n) is 4.75. The summed E-state index contributed by atoms with van der Waals surface area (Å²) in [4.78, 5) is 4.50. The predicted molar refractivity (Wildman–Crippen MR) is 60.1 cm³/mol. The second-order valence-corrected chi connectivity index (χ2v) is 4.39. The molecule has 0 unspecified atom stereocenters. The fraction of sp³-hybridized carbons (Fsp3) is 0.417. The van der Waals surface area contributed by atoms with Crippen molar-refractivity contribution in [1.82, 2.24) is 0 Å². The summed E-state index contributed by atoms with van der Waals surface area (Å²) < 4.78 is 0. The van der Waals surface area contributed by atoms with Gasteiger partial charge in [-0.3, -0.25) is 4.99 Å². The molecule has 0 atom stereocenters. The lowest BCUT2D eigenvalue weighted by molar-refractivity contribution is 0.474. The van der Waals surface area contributed by atoms with E-state index in [4.69, 9.17) is 0 Å². The summed E-state index contributed by atoms with van der Waals surface area (Å²) in [6, 6.07) is 7.26. The van der Waals surface area contributed by atoms with E-state index in [9.17, 15) is 5.11 Å². The van der Waals surface area contributed by atoms with Crippen molar-refractivity contribution >= 4 is 5.71 Å². The summed E-state index contributed by atoms with van der Waals surface area (Å²) in [5.74, 6) is 0.290. The molecule has 0 amide bonds. The summed E-state index contributed by atoms with van der Waals surface area (Å²) in [6.07, 6.45) is 0. The van der Waals surface area contributed by atoms with Gasteiger partial charge in [-0.2, -0.15) is 0 Å². The van der Waals surface area contributed by atoms with E-state index >= 15 is 0 Å². The Labute approximate surface area is 85.3 Å². The predicted octanol–water partition coefficient (Wildman–Crippen LogP) is 3.00. The number of benzene rings is 1. The lowest BCUT2D eigenvalue weighted by atomic mass is 10.1. The number of nitrogens with zero attached hydrogens (tertiary/aromatic N) is 1. The third-order valence-corrected chi connectivity index (χ3v) is 1.80. The SMILES string of the molecule is CC(=NC(C)(C)C)c1ccccc1O. The van der Waals surface area contributed by atoms with E-state index in [1.807, 2.05) is 45.9 Å². The average molecular weight is 191 g/mol. The van der Waals surface area contributed by atoms with Crippen LogP contribution >= 0.6 is 0 Å². The number of phenolic OH excluding ortho intramolecular Hbond substituents is 1. The number of hydrogen-bond donors (Lipinski definition) is 1. The van der Waals surface area contributed by atoms with Crippen LogP contribution in [0.25, 0.3) is 0 Å². The second-order valence-electron chi connectivity index (χ2n) is 4.39. The molecular weight excluding hydrogens is 174 g/mol. The van der Waals surface area contributed by atoms with Crippen LogP contribution in [0.4, 0.5) is 0 Å². The zero-order chi connectivity index (χ0) is 10.8. The van der Waals surface area contributed by atoms with Gasteiger partial charge < -0.3 is 5.11 Å². The minimum Gasteiger partial charge on any atom is -0.507 e. The van der Waals surface area contributed by atoms with Crippen molar-refractivity contribution in [3.05, 3.63) is 29.8 Å². The number of para-hydroxylation sites is 1. The van der Waals surface area contributed by atoms with Crippen molar-refractivity contribution in [3.63, 3.8) is 0 Å². The normalized spacial score (nSPS) is 13.0. The molecule has 0 saturated carbocycles. The van der Waals surface area contributed by atoms with Crippen LogP contribution in [0, 0.1) is 0 Å². The molecule has 0 aliphatic carbocycles. The van der Waals surface area contributed by atoms with Gasteiger partial charge in [0.05, 0.1) is 5.54 Å². The summed E-state index contributed by atoms with van der Waals surface area (Å²) in [5, 5.41) is 9.60. The molecule has 14 heavy (non-hydrogen) atoms. The van der Waals surface area contributed by atoms with Gasteiger partial charge in [0.15, 0.2) is 0 Å². The summed E-state index contributed by atoms with van der Waals surface area (Å²) >= 11 is 0. The molecule has 2 nitrogen and oxygen atoms in total. The number of aliphatic imine (C=N–C) groups is 1. The Balaban J connectivity index is 3.07. The zero-order valence-corrected chi connectivity index (χ0v) is 9.20. The number of hydrogen-bond acceptors (Lipinski definition) is 2. The smallest absolute Gasteiger partial charge is 0.124 e. The van der Waals surface area contributed by atoms with Crippen LogP contribution < -0.4 is 0 Å². The standard InChI is InChI=1S/C12H17NO/c1-9(13-12(2,3)4)10-7-5-6-8-11(10)14/h5-8,14H,1-4H3. The number of phenols is 1. The zero-order valence-electron chi connectivity index (χ0n) is 9.20. The molecule has 1 aromatic carbocycles. The maximum Gasteiger partial charge on any atom is 0.124 e. The lowest BCUT2D eigenvalue weighted by Crippen LogP contribution is -2.13. The van der Waals surface area contributed by atoms with Crippen LogP contribution in [-0.2, 0) is 0 Å². The van der Waals surface area contributed by atoms with Crippen molar-refractivity contribution in [1.29, 1.82) is 0 Å².